The summed E-state index contributed by atoms with van der Waals surface area (Å²) in [6.07, 6.45) is 5.47. The largest absolute Gasteiger partial charge is 0.396 e. The van der Waals surface area contributed by atoms with Crippen LogP contribution in [0.5, 0.6) is 0 Å². The van der Waals surface area contributed by atoms with Crippen LogP contribution in [0.2, 0.25) is 0 Å². The zero-order valence-electron chi connectivity index (χ0n) is 10.8. The smallest absolute Gasteiger partial charge is 0.255 e. The Morgan fingerprint density at radius 1 is 1.61 bits per heavy atom. The molecule has 4 heteroatoms. The predicted octanol–water partition coefficient (Wildman–Crippen LogP) is 1.77. The van der Waals surface area contributed by atoms with Crippen LogP contribution in [-0.2, 0) is 0 Å². The summed E-state index contributed by atoms with van der Waals surface area (Å²) >= 11 is 0. The van der Waals surface area contributed by atoms with Gasteiger partial charge >= 0.3 is 0 Å². The third kappa shape index (κ3) is 2.70. The zero-order chi connectivity index (χ0) is 13.0. The van der Waals surface area contributed by atoms with Crippen molar-refractivity contribution in [1.29, 1.82) is 0 Å². The Labute approximate surface area is 108 Å². The van der Waals surface area contributed by atoms with Crippen molar-refractivity contribution in [3.05, 3.63) is 29.6 Å². The van der Waals surface area contributed by atoms with Gasteiger partial charge < -0.3 is 10.0 Å². The monoisotopic (exact) mass is 248 g/mol. The molecule has 1 fully saturated rings. The highest BCUT2D eigenvalue weighted by Crippen LogP contribution is 2.24. The van der Waals surface area contributed by atoms with E-state index in [2.05, 4.69) is 4.98 Å². The minimum absolute atomic E-state index is 0.0843. The van der Waals surface area contributed by atoms with Gasteiger partial charge in [-0.2, -0.15) is 0 Å². The van der Waals surface area contributed by atoms with Crippen molar-refractivity contribution in [1.82, 2.24) is 9.88 Å². The fourth-order valence-corrected chi connectivity index (χ4v) is 2.60. The average molecular weight is 248 g/mol. The molecule has 0 aliphatic carbocycles. The second-order valence-corrected chi connectivity index (χ2v) is 4.80. The summed E-state index contributed by atoms with van der Waals surface area (Å²) in [5.74, 6) is 0.0843. The summed E-state index contributed by atoms with van der Waals surface area (Å²) in [7, 11) is 0. The van der Waals surface area contributed by atoms with Gasteiger partial charge in [-0.25, -0.2) is 0 Å². The van der Waals surface area contributed by atoms with Crippen molar-refractivity contribution in [2.45, 2.75) is 38.6 Å². The quantitative estimate of drug-likeness (QED) is 0.883. The number of hydrogen-bond donors (Lipinski definition) is 1. The normalized spacial score (nSPS) is 19.2. The highest BCUT2D eigenvalue weighted by Gasteiger charge is 2.29. The molecule has 1 saturated heterocycles. The van der Waals surface area contributed by atoms with Crippen LogP contribution >= 0.6 is 0 Å². The minimum Gasteiger partial charge on any atom is -0.396 e. The van der Waals surface area contributed by atoms with E-state index in [1.165, 1.54) is 0 Å². The van der Waals surface area contributed by atoms with E-state index in [4.69, 9.17) is 5.11 Å². The summed E-state index contributed by atoms with van der Waals surface area (Å²) in [6.45, 7) is 2.89. The molecule has 2 heterocycles. The van der Waals surface area contributed by atoms with Gasteiger partial charge in [-0.1, -0.05) is 0 Å². The fourth-order valence-electron chi connectivity index (χ4n) is 2.60. The van der Waals surface area contributed by atoms with E-state index in [1.807, 2.05) is 17.9 Å². The van der Waals surface area contributed by atoms with E-state index >= 15 is 0 Å². The maximum atomic E-state index is 12.5. The standard InChI is InChI=1S/C14H20N2O2/c1-11-13(7-2-8-15-11)14(18)16-9-3-5-12(16)6-4-10-17/h2,7-8,12,17H,3-6,9-10H2,1H3. The summed E-state index contributed by atoms with van der Waals surface area (Å²) in [6, 6.07) is 3.93. The lowest BCUT2D eigenvalue weighted by Gasteiger charge is -2.25. The molecule has 1 aromatic rings. The van der Waals surface area contributed by atoms with E-state index in [1.54, 1.807) is 12.3 Å². The number of aryl methyl sites for hydroxylation is 1. The Morgan fingerprint density at radius 2 is 2.44 bits per heavy atom. The molecule has 1 atom stereocenters. The van der Waals surface area contributed by atoms with E-state index in [-0.39, 0.29) is 18.6 Å². The van der Waals surface area contributed by atoms with Crippen LogP contribution in [0.4, 0.5) is 0 Å². The van der Waals surface area contributed by atoms with E-state index in [0.29, 0.717) is 5.56 Å². The molecule has 1 aliphatic rings. The molecule has 0 spiro atoms. The van der Waals surface area contributed by atoms with Gasteiger partial charge in [0, 0.05) is 31.1 Å². The Kier molecular flexibility index (Phi) is 4.31. The lowest BCUT2D eigenvalue weighted by Crippen LogP contribution is -2.36. The summed E-state index contributed by atoms with van der Waals surface area (Å²) in [5.41, 5.74) is 1.49. The summed E-state index contributed by atoms with van der Waals surface area (Å²) in [5, 5.41) is 8.90. The minimum atomic E-state index is 0.0843. The van der Waals surface area contributed by atoms with Crippen molar-refractivity contribution >= 4 is 5.91 Å². The van der Waals surface area contributed by atoms with Crippen molar-refractivity contribution in [2.24, 2.45) is 0 Å². The van der Waals surface area contributed by atoms with E-state index in [0.717, 1.165) is 37.9 Å². The lowest BCUT2D eigenvalue weighted by molar-refractivity contribution is 0.0723. The molecule has 98 valence electrons. The Balaban J connectivity index is 2.10. The number of rotatable bonds is 4. The molecule has 0 bridgehead atoms. The van der Waals surface area contributed by atoms with Crippen LogP contribution in [0.25, 0.3) is 0 Å². The molecule has 1 aromatic heterocycles. The fraction of sp³-hybridized carbons (Fsp3) is 0.571. The third-order valence-corrected chi connectivity index (χ3v) is 3.57. The van der Waals surface area contributed by atoms with Gasteiger partial charge in [-0.05, 0) is 44.7 Å². The van der Waals surface area contributed by atoms with Crippen molar-refractivity contribution in [2.75, 3.05) is 13.2 Å². The second-order valence-electron chi connectivity index (χ2n) is 4.80. The first-order valence-corrected chi connectivity index (χ1v) is 6.57. The maximum Gasteiger partial charge on any atom is 0.255 e. The molecule has 1 amide bonds. The number of nitrogens with zero attached hydrogens (tertiary/aromatic N) is 2. The number of pyridine rings is 1. The average Bonchev–Trinajstić information content (AvgIpc) is 2.84. The number of hydrogen-bond acceptors (Lipinski definition) is 3. The van der Waals surface area contributed by atoms with Gasteiger partial charge in [-0.3, -0.25) is 9.78 Å². The topological polar surface area (TPSA) is 53.4 Å². The summed E-state index contributed by atoms with van der Waals surface area (Å²) in [4.78, 5) is 18.6. The second kappa shape index (κ2) is 5.96. The van der Waals surface area contributed by atoms with Crippen LogP contribution in [0.3, 0.4) is 0 Å². The first kappa shape index (κ1) is 13.0. The number of carbonyl (C=O) groups excluding carboxylic acids is 1. The number of aliphatic hydroxyl groups is 1. The highest BCUT2D eigenvalue weighted by molar-refractivity contribution is 5.95. The molecule has 1 aliphatic heterocycles. The molecular formula is C14H20N2O2. The van der Waals surface area contributed by atoms with Crippen LogP contribution in [0.15, 0.2) is 18.3 Å². The Bertz CT molecular complexity index is 420. The van der Waals surface area contributed by atoms with Crippen molar-refractivity contribution in [3.63, 3.8) is 0 Å². The molecule has 1 unspecified atom stereocenters. The van der Waals surface area contributed by atoms with Crippen molar-refractivity contribution < 1.29 is 9.90 Å². The highest BCUT2D eigenvalue weighted by atomic mass is 16.3. The summed E-state index contributed by atoms with van der Waals surface area (Å²) < 4.78 is 0. The Hall–Kier alpha value is -1.42. The van der Waals surface area contributed by atoms with Crippen LogP contribution in [0.1, 0.15) is 41.7 Å². The van der Waals surface area contributed by atoms with Gasteiger partial charge in [0.05, 0.1) is 5.56 Å². The van der Waals surface area contributed by atoms with Gasteiger partial charge in [-0.15, -0.1) is 0 Å². The van der Waals surface area contributed by atoms with Gasteiger partial charge in [0.25, 0.3) is 5.91 Å². The van der Waals surface area contributed by atoms with Crippen LogP contribution < -0.4 is 0 Å². The van der Waals surface area contributed by atoms with Crippen LogP contribution in [-0.4, -0.2) is 40.1 Å². The third-order valence-electron chi connectivity index (χ3n) is 3.57. The molecule has 4 nitrogen and oxygen atoms in total. The SMILES string of the molecule is Cc1ncccc1C(=O)N1CCCC1CCCO. The molecule has 1 N–H and O–H groups in total. The number of aliphatic hydroxyl groups excluding tert-OH is 1. The molecule has 2 rings (SSSR count). The van der Waals surface area contributed by atoms with Gasteiger partial charge in [0.2, 0.25) is 0 Å². The molecular weight excluding hydrogens is 228 g/mol. The van der Waals surface area contributed by atoms with Crippen molar-refractivity contribution in [3.8, 4) is 0 Å². The maximum absolute atomic E-state index is 12.5. The molecule has 18 heavy (non-hydrogen) atoms. The lowest BCUT2D eigenvalue weighted by atomic mass is 10.1. The molecule has 0 saturated carbocycles. The van der Waals surface area contributed by atoms with E-state index < -0.39 is 0 Å². The number of aromatic nitrogens is 1. The van der Waals surface area contributed by atoms with E-state index in [9.17, 15) is 4.79 Å². The van der Waals surface area contributed by atoms with Gasteiger partial charge in [0.15, 0.2) is 0 Å². The molecule has 0 radical (unpaired) electrons. The number of likely N-dealkylation sites (tertiary alicyclic amines) is 1. The zero-order valence-corrected chi connectivity index (χ0v) is 10.8. The molecule has 0 aromatic carbocycles. The first-order valence-electron chi connectivity index (χ1n) is 6.57. The number of amides is 1. The Morgan fingerprint density at radius 3 is 3.17 bits per heavy atom. The number of carbonyl (C=O) groups is 1. The predicted molar refractivity (Wildman–Crippen MR) is 69.4 cm³/mol. The van der Waals surface area contributed by atoms with Crippen LogP contribution in [0, 0.1) is 6.92 Å². The first-order chi connectivity index (χ1) is 8.74. The van der Waals surface area contributed by atoms with Gasteiger partial charge in [0.1, 0.15) is 0 Å².